The van der Waals surface area contributed by atoms with Gasteiger partial charge >= 0.3 is 0 Å². The topological polar surface area (TPSA) is 86.8 Å². The summed E-state index contributed by atoms with van der Waals surface area (Å²) in [6.45, 7) is 12.1. The monoisotopic (exact) mass is 567 g/mol. The SMILES string of the molecule is Cc1ccc(S(=O)(=O)N(CC(=O)N(Cc2ccc(F)cc2)C(C)C(=O)NC(C)(C)C)c2ccc(C)cc2C)cc1. The van der Waals surface area contributed by atoms with Crippen molar-refractivity contribution < 1.29 is 22.4 Å². The molecule has 214 valence electrons. The van der Waals surface area contributed by atoms with E-state index < -0.39 is 39.9 Å². The third kappa shape index (κ3) is 7.69. The van der Waals surface area contributed by atoms with E-state index in [2.05, 4.69) is 5.32 Å². The zero-order chi connectivity index (χ0) is 29.8. The minimum atomic E-state index is -4.15. The van der Waals surface area contributed by atoms with Gasteiger partial charge in [-0.15, -0.1) is 0 Å². The molecule has 0 aliphatic heterocycles. The number of anilines is 1. The van der Waals surface area contributed by atoms with Crippen LogP contribution in [0.3, 0.4) is 0 Å². The van der Waals surface area contributed by atoms with Crippen LogP contribution in [0.25, 0.3) is 0 Å². The molecular weight excluding hydrogens is 529 g/mol. The van der Waals surface area contributed by atoms with Crippen LogP contribution in [0.2, 0.25) is 0 Å². The van der Waals surface area contributed by atoms with E-state index in [0.29, 0.717) is 16.8 Å². The Morgan fingerprint density at radius 2 is 1.48 bits per heavy atom. The number of hydrogen-bond acceptors (Lipinski definition) is 4. The van der Waals surface area contributed by atoms with E-state index in [1.165, 1.54) is 41.3 Å². The Kier molecular flexibility index (Phi) is 9.40. The van der Waals surface area contributed by atoms with Gasteiger partial charge < -0.3 is 10.2 Å². The molecule has 40 heavy (non-hydrogen) atoms. The van der Waals surface area contributed by atoms with Crippen LogP contribution in [0.5, 0.6) is 0 Å². The summed E-state index contributed by atoms with van der Waals surface area (Å²) in [5.74, 6) is -1.38. The average Bonchev–Trinajstić information content (AvgIpc) is 2.86. The van der Waals surface area contributed by atoms with Crippen molar-refractivity contribution in [1.29, 1.82) is 0 Å². The zero-order valence-electron chi connectivity index (χ0n) is 24.2. The molecular formula is C31H38FN3O4S. The predicted octanol–water partition coefficient (Wildman–Crippen LogP) is 5.28. The molecule has 0 heterocycles. The van der Waals surface area contributed by atoms with Crippen LogP contribution >= 0.6 is 0 Å². The summed E-state index contributed by atoms with van der Waals surface area (Å²) in [7, 11) is -4.15. The largest absolute Gasteiger partial charge is 0.350 e. The quantitative estimate of drug-likeness (QED) is 0.381. The summed E-state index contributed by atoms with van der Waals surface area (Å²) >= 11 is 0. The molecule has 0 spiro atoms. The second kappa shape index (κ2) is 12.2. The summed E-state index contributed by atoms with van der Waals surface area (Å²) in [4.78, 5) is 28.5. The number of rotatable bonds is 9. The van der Waals surface area contributed by atoms with Crippen molar-refractivity contribution in [2.45, 2.75) is 71.5 Å². The van der Waals surface area contributed by atoms with Gasteiger partial charge in [0, 0.05) is 12.1 Å². The smallest absolute Gasteiger partial charge is 0.264 e. The lowest BCUT2D eigenvalue weighted by atomic mass is 10.1. The van der Waals surface area contributed by atoms with Gasteiger partial charge in [0.1, 0.15) is 18.4 Å². The highest BCUT2D eigenvalue weighted by atomic mass is 32.2. The maximum Gasteiger partial charge on any atom is 0.264 e. The first-order valence-electron chi connectivity index (χ1n) is 13.1. The number of benzene rings is 3. The predicted molar refractivity (Wildman–Crippen MR) is 156 cm³/mol. The molecule has 0 aromatic heterocycles. The van der Waals surface area contributed by atoms with Gasteiger partial charge in [0.2, 0.25) is 11.8 Å². The molecule has 1 atom stereocenters. The molecule has 0 bridgehead atoms. The highest BCUT2D eigenvalue weighted by Crippen LogP contribution is 2.28. The van der Waals surface area contributed by atoms with Crippen LogP contribution < -0.4 is 9.62 Å². The first kappa shape index (κ1) is 30.8. The van der Waals surface area contributed by atoms with E-state index in [4.69, 9.17) is 0 Å². The standard InChI is InChI=1S/C31H38FN3O4S/c1-21-8-15-27(16-9-21)40(38,39)35(28-17-10-22(2)18-23(28)3)20-29(36)34(19-25-11-13-26(32)14-12-25)24(4)30(37)33-31(5,6)7/h8-18,24H,19-20H2,1-7H3,(H,33,37). The average molecular weight is 568 g/mol. The number of halogens is 1. The van der Waals surface area contributed by atoms with Gasteiger partial charge in [-0.1, -0.05) is 47.5 Å². The molecule has 3 aromatic carbocycles. The van der Waals surface area contributed by atoms with E-state index in [1.54, 1.807) is 38.1 Å². The van der Waals surface area contributed by atoms with Crippen molar-refractivity contribution >= 4 is 27.5 Å². The fourth-order valence-electron chi connectivity index (χ4n) is 4.28. The van der Waals surface area contributed by atoms with Gasteiger partial charge in [-0.2, -0.15) is 0 Å². The zero-order valence-corrected chi connectivity index (χ0v) is 25.0. The lowest BCUT2D eigenvalue weighted by Crippen LogP contribution is -2.54. The van der Waals surface area contributed by atoms with E-state index in [-0.39, 0.29) is 17.3 Å². The third-order valence-corrected chi connectivity index (χ3v) is 8.21. The number of sulfonamides is 1. The highest BCUT2D eigenvalue weighted by Gasteiger charge is 2.33. The van der Waals surface area contributed by atoms with E-state index in [0.717, 1.165) is 15.4 Å². The molecule has 7 nitrogen and oxygen atoms in total. The van der Waals surface area contributed by atoms with Gasteiger partial charge in [0.15, 0.2) is 0 Å². The van der Waals surface area contributed by atoms with Gasteiger partial charge in [0.25, 0.3) is 10.0 Å². The molecule has 0 saturated carbocycles. The Morgan fingerprint density at radius 3 is 2.02 bits per heavy atom. The lowest BCUT2D eigenvalue weighted by molar-refractivity contribution is -0.140. The molecule has 0 saturated heterocycles. The molecule has 0 aliphatic carbocycles. The number of nitrogens with one attached hydrogen (secondary N) is 1. The van der Waals surface area contributed by atoms with Crippen LogP contribution in [-0.4, -0.2) is 43.3 Å². The summed E-state index contributed by atoms with van der Waals surface area (Å²) in [6.07, 6.45) is 0. The number of carbonyl (C=O) groups is 2. The Labute approximate surface area is 237 Å². The van der Waals surface area contributed by atoms with Crippen molar-refractivity contribution in [2.24, 2.45) is 0 Å². The van der Waals surface area contributed by atoms with Gasteiger partial charge in [-0.3, -0.25) is 13.9 Å². The fourth-order valence-corrected chi connectivity index (χ4v) is 5.76. The molecule has 1 unspecified atom stereocenters. The molecule has 0 aliphatic rings. The van der Waals surface area contributed by atoms with Crippen LogP contribution in [0.15, 0.2) is 71.6 Å². The van der Waals surface area contributed by atoms with Crippen LogP contribution in [-0.2, 0) is 26.2 Å². The number of aryl methyl sites for hydroxylation is 3. The minimum Gasteiger partial charge on any atom is -0.350 e. The molecule has 1 N–H and O–H groups in total. The molecule has 0 radical (unpaired) electrons. The van der Waals surface area contributed by atoms with Crippen molar-refractivity contribution in [1.82, 2.24) is 10.2 Å². The van der Waals surface area contributed by atoms with Gasteiger partial charge in [-0.25, -0.2) is 12.8 Å². The van der Waals surface area contributed by atoms with E-state index in [1.807, 2.05) is 40.7 Å². The van der Waals surface area contributed by atoms with Crippen molar-refractivity contribution in [3.63, 3.8) is 0 Å². The summed E-state index contributed by atoms with van der Waals surface area (Å²) in [5.41, 5.74) is 2.96. The highest BCUT2D eigenvalue weighted by molar-refractivity contribution is 7.92. The Balaban J connectivity index is 2.07. The maximum atomic E-state index is 14.0. The van der Waals surface area contributed by atoms with Crippen LogP contribution in [0.4, 0.5) is 10.1 Å². The fraction of sp³-hybridized carbons (Fsp3) is 0.355. The molecule has 3 rings (SSSR count). The van der Waals surface area contributed by atoms with Crippen LogP contribution in [0, 0.1) is 26.6 Å². The number of amides is 2. The maximum absolute atomic E-state index is 14.0. The Morgan fingerprint density at radius 1 is 0.900 bits per heavy atom. The van der Waals surface area contributed by atoms with Crippen molar-refractivity contribution in [3.8, 4) is 0 Å². The Hall–Kier alpha value is -3.72. The van der Waals surface area contributed by atoms with Crippen molar-refractivity contribution in [2.75, 3.05) is 10.8 Å². The second-order valence-electron chi connectivity index (χ2n) is 11.2. The van der Waals surface area contributed by atoms with Gasteiger partial charge in [-0.05, 0) is 89.9 Å². The van der Waals surface area contributed by atoms with Gasteiger partial charge in [0.05, 0.1) is 10.6 Å². The summed E-state index contributed by atoms with van der Waals surface area (Å²) in [5, 5.41) is 2.89. The molecule has 9 heteroatoms. The molecule has 3 aromatic rings. The summed E-state index contributed by atoms with van der Waals surface area (Å²) < 4.78 is 42.6. The van der Waals surface area contributed by atoms with Crippen LogP contribution in [0.1, 0.15) is 49.9 Å². The first-order valence-corrected chi connectivity index (χ1v) is 14.5. The van der Waals surface area contributed by atoms with Crippen molar-refractivity contribution in [3.05, 3.63) is 94.8 Å². The first-order chi connectivity index (χ1) is 18.6. The summed E-state index contributed by atoms with van der Waals surface area (Å²) in [6, 6.07) is 16.5. The normalized spacial score (nSPS) is 12.5. The van der Waals surface area contributed by atoms with E-state index in [9.17, 15) is 22.4 Å². The molecule has 0 fully saturated rings. The number of hydrogen-bond donors (Lipinski definition) is 1. The third-order valence-electron chi connectivity index (χ3n) is 6.44. The number of nitrogens with zero attached hydrogens (tertiary/aromatic N) is 2. The minimum absolute atomic E-state index is 0.0108. The lowest BCUT2D eigenvalue weighted by Gasteiger charge is -2.34. The van der Waals surface area contributed by atoms with E-state index >= 15 is 0 Å². The Bertz CT molecular complexity index is 1460. The molecule has 2 amide bonds. The number of carbonyl (C=O) groups excluding carboxylic acids is 2. The second-order valence-corrected chi connectivity index (χ2v) is 13.0.